The molecule has 4 aromatic rings. The minimum Gasteiger partial charge on any atom is -0.337 e. The molecule has 0 atom stereocenters. The first kappa shape index (κ1) is 36.7. The summed E-state index contributed by atoms with van der Waals surface area (Å²) in [5.74, 6) is 0. The zero-order valence-electron chi connectivity index (χ0n) is 26.3. The van der Waals surface area contributed by atoms with Crippen LogP contribution in [0.3, 0.4) is 0 Å². The summed E-state index contributed by atoms with van der Waals surface area (Å²) >= 11 is 0. The molecule has 0 aliphatic carbocycles. The number of para-hydroxylation sites is 4. The highest BCUT2D eigenvalue weighted by Gasteiger charge is 2.23. The fraction of sp³-hybridized carbons (Fsp3) is 0.125. The second-order valence-corrected chi connectivity index (χ2v) is 13.6. The Morgan fingerprint density at radius 1 is 0.420 bits per heavy atom. The number of carbonyl (C=O) groups is 4. The van der Waals surface area contributed by atoms with Crippen LogP contribution in [-0.4, -0.2) is 54.0 Å². The van der Waals surface area contributed by atoms with Gasteiger partial charge in [0.2, 0.25) is 0 Å². The number of nitrogens with one attached hydrogen (secondary N) is 8. The molecular weight excluding hydrogens is 689 g/mol. The molecule has 8 amide bonds. The van der Waals surface area contributed by atoms with E-state index in [2.05, 4.69) is 31.9 Å². The maximum atomic E-state index is 12.9. The van der Waals surface area contributed by atoms with Crippen molar-refractivity contribution in [1.82, 2.24) is 20.1 Å². The molecule has 0 aliphatic heterocycles. The fourth-order valence-electron chi connectivity index (χ4n) is 4.30. The molecule has 18 heteroatoms. The van der Waals surface area contributed by atoms with Gasteiger partial charge in [0.1, 0.15) is 9.79 Å². The number of benzene rings is 4. The van der Waals surface area contributed by atoms with Crippen LogP contribution in [0.2, 0.25) is 0 Å². The summed E-state index contributed by atoms with van der Waals surface area (Å²) in [6, 6.07) is 24.7. The highest BCUT2D eigenvalue weighted by atomic mass is 32.2. The van der Waals surface area contributed by atoms with Crippen LogP contribution in [0.15, 0.2) is 119 Å². The third-order valence-electron chi connectivity index (χ3n) is 6.54. The van der Waals surface area contributed by atoms with E-state index in [4.69, 9.17) is 0 Å². The maximum Gasteiger partial charge on any atom is 0.328 e. The van der Waals surface area contributed by atoms with Crippen molar-refractivity contribution in [2.45, 2.75) is 22.6 Å². The molecule has 0 aromatic heterocycles. The number of hydrogen-bond acceptors (Lipinski definition) is 8. The van der Waals surface area contributed by atoms with Gasteiger partial charge in [-0.25, -0.2) is 45.5 Å². The van der Waals surface area contributed by atoms with Crippen LogP contribution >= 0.6 is 0 Å². The number of unbranched alkanes of at least 4 members (excludes halogenated alkanes) is 1. The van der Waals surface area contributed by atoms with Crippen molar-refractivity contribution in [3.05, 3.63) is 109 Å². The summed E-state index contributed by atoms with van der Waals surface area (Å²) in [5.41, 5.74) is 0.871. The molecule has 50 heavy (non-hydrogen) atoms. The van der Waals surface area contributed by atoms with E-state index < -0.39 is 44.2 Å². The highest BCUT2D eigenvalue weighted by molar-refractivity contribution is 7.90. The van der Waals surface area contributed by atoms with Crippen molar-refractivity contribution in [3.63, 3.8) is 0 Å². The Hall–Kier alpha value is -6.14. The Kier molecular flexibility index (Phi) is 12.7. The van der Waals surface area contributed by atoms with Crippen LogP contribution in [0.25, 0.3) is 0 Å². The summed E-state index contributed by atoms with van der Waals surface area (Å²) in [7, 11) is -8.77. The first-order chi connectivity index (χ1) is 23.9. The first-order valence-electron chi connectivity index (χ1n) is 15.0. The van der Waals surface area contributed by atoms with Gasteiger partial charge in [-0.3, -0.25) is 0 Å². The Morgan fingerprint density at radius 2 is 0.760 bits per heavy atom. The van der Waals surface area contributed by atoms with E-state index in [9.17, 15) is 36.0 Å². The van der Waals surface area contributed by atoms with Crippen LogP contribution in [0.1, 0.15) is 12.8 Å². The lowest BCUT2D eigenvalue weighted by molar-refractivity contribution is 0.243. The Morgan fingerprint density at radius 3 is 1.14 bits per heavy atom. The molecule has 0 heterocycles. The second-order valence-electron chi connectivity index (χ2n) is 10.3. The van der Waals surface area contributed by atoms with Gasteiger partial charge in [-0.15, -0.1) is 0 Å². The van der Waals surface area contributed by atoms with Gasteiger partial charge < -0.3 is 31.9 Å². The Labute approximate surface area is 288 Å². The number of sulfonamides is 2. The van der Waals surface area contributed by atoms with E-state index in [0.717, 1.165) is 0 Å². The summed E-state index contributed by atoms with van der Waals surface area (Å²) in [5, 5.41) is 14.9. The molecule has 4 rings (SSSR count). The van der Waals surface area contributed by atoms with Crippen molar-refractivity contribution in [2.75, 3.05) is 34.4 Å². The lowest BCUT2D eigenvalue weighted by Gasteiger charge is -2.14. The van der Waals surface area contributed by atoms with Crippen LogP contribution in [0.4, 0.5) is 41.9 Å². The number of amides is 8. The standard InChI is InChI=1S/C32H34N8O8S2/c41-29(39-49(45,46)27-19-9-7-17-25(27)37-31(43)35-23-13-3-1-4-14-23)33-21-11-12-22-34-30(42)40-50(47,48)28-20-10-8-18-26(28)38-32(44)36-24-15-5-2-6-16-24/h1-10,13-20H,11-12,21-22H2,(H2,33,39,41)(H2,34,40,42)(H2,35,37,43)(H2,36,38,44). The van der Waals surface area contributed by atoms with Crippen molar-refractivity contribution in [2.24, 2.45) is 0 Å². The van der Waals surface area contributed by atoms with E-state index in [1.165, 1.54) is 48.5 Å². The molecule has 0 bridgehead atoms. The van der Waals surface area contributed by atoms with Gasteiger partial charge in [0.05, 0.1) is 11.4 Å². The van der Waals surface area contributed by atoms with Crippen LogP contribution < -0.4 is 41.3 Å². The van der Waals surface area contributed by atoms with Gasteiger partial charge in [-0.1, -0.05) is 60.7 Å². The Balaban J connectivity index is 1.19. The van der Waals surface area contributed by atoms with Crippen molar-refractivity contribution >= 4 is 66.9 Å². The Bertz CT molecular complexity index is 1880. The molecule has 4 aromatic carbocycles. The molecule has 16 nitrogen and oxygen atoms in total. The van der Waals surface area contributed by atoms with Gasteiger partial charge in [-0.2, -0.15) is 0 Å². The molecule has 8 N–H and O–H groups in total. The first-order valence-corrected chi connectivity index (χ1v) is 17.9. The quantitative estimate of drug-likeness (QED) is 0.0918. The predicted molar refractivity (Wildman–Crippen MR) is 188 cm³/mol. The van der Waals surface area contributed by atoms with Crippen molar-refractivity contribution < 1.29 is 36.0 Å². The molecule has 0 radical (unpaired) electrons. The number of anilines is 4. The molecule has 0 saturated carbocycles. The number of hydrogen-bond donors (Lipinski definition) is 8. The number of rotatable bonds is 13. The minimum atomic E-state index is -4.39. The molecule has 262 valence electrons. The van der Waals surface area contributed by atoms with Crippen LogP contribution in [0.5, 0.6) is 0 Å². The monoisotopic (exact) mass is 722 g/mol. The fourth-order valence-corrected chi connectivity index (χ4v) is 6.49. The zero-order valence-corrected chi connectivity index (χ0v) is 27.9. The second kappa shape index (κ2) is 17.3. The third-order valence-corrected chi connectivity index (χ3v) is 9.32. The smallest absolute Gasteiger partial charge is 0.328 e. The van der Waals surface area contributed by atoms with Gasteiger partial charge in [0, 0.05) is 24.5 Å². The van der Waals surface area contributed by atoms with E-state index in [0.29, 0.717) is 24.2 Å². The minimum absolute atomic E-state index is 0.0203. The topological polar surface area (TPSA) is 233 Å². The summed E-state index contributed by atoms with van der Waals surface area (Å²) in [4.78, 5) is 48.8. The van der Waals surface area contributed by atoms with E-state index in [-0.39, 0.29) is 34.3 Å². The van der Waals surface area contributed by atoms with Crippen LogP contribution in [0, 0.1) is 0 Å². The molecule has 0 unspecified atom stereocenters. The summed E-state index contributed by atoms with van der Waals surface area (Å²) < 4.78 is 55.4. The normalized spacial score (nSPS) is 11.0. The van der Waals surface area contributed by atoms with E-state index in [1.54, 1.807) is 60.7 Å². The zero-order chi connectivity index (χ0) is 36.0. The summed E-state index contributed by atoms with van der Waals surface area (Å²) in [6.07, 6.45) is 0.586. The van der Waals surface area contributed by atoms with Crippen molar-refractivity contribution in [3.8, 4) is 0 Å². The predicted octanol–water partition coefficient (Wildman–Crippen LogP) is 4.43. The number of urea groups is 4. The van der Waals surface area contributed by atoms with Gasteiger partial charge in [0.15, 0.2) is 0 Å². The molecular formula is C32H34N8O8S2. The molecule has 0 spiro atoms. The highest BCUT2D eigenvalue weighted by Crippen LogP contribution is 2.22. The molecule has 0 aliphatic rings. The number of carbonyl (C=O) groups excluding carboxylic acids is 4. The van der Waals surface area contributed by atoms with Gasteiger partial charge >= 0.3 is 24.1 Å². The van der Waals surface area contributed by atoms with E-state index >= 15 is 0 Å². The lowest BCUT2D eigenvalue weighted by Crippen LogP contribution is -2.41. The summed E-state index contributed by atoms with van der Waals surface area (Å²) in [6.45, 7) is 0.0405. The van der Waals surface area contributed by atoms with Crippen molar-refractivity contribution in [1.29, 1.82) is 0 Å². The molecule has 0 fully saturated rings. The molecule has 0 saturated heterocycles. The van der Waals surface area contributed by atoms with E-state index in [1.807, 2.05) is 9.44 Å². The largest absolute Gasteiger partial charge is 0.337 e. The maximum absolute atomic E-state index is 12.9. The van der Waals surface area contributed by atoms with Gasteiger partial charge in [-0.05, 0) is 61.4 Å². The van der Waals surface area contributed by atoms with Gasteiger partial charge in [0.25, 0.3) is 20.0 Å². The van der Waals surface area contributed by atoms with Crippen LogP contribution in [-0.2, 0) is 20.0 Å². The average molecular weight is 723 g/mol. The third kappa shape index (κ3) is 11.2. The average Bonchev–Trinajstić information content (AvgIpc) is 3.07. The SMILES string of the molecule is O=C(Nc1ccccc1)Nc1ccccc1S(=O)(=O)NC(=O)NCCCCNC(=O)NS(=O)(=O)c1ccccc1NC(=O)Nc1ccccc1. The lowest BCUT2D eigenvalue weighted by atomic mass is 10.3.